The highest BCUT2D eigenvalue weighted by atomic mass is 16.5. The molecule has 0 saturated heterocycles. The highest BCUT2D eigenvalue weighted by Gasteiger charge is 2.10. The number of pyridine rings is 1. The minimum absolute atomic E-state index is 0.154. The molecule has 110 valence electrons. The van der Waals surface area contributed by atoms with E-state index in [1.54, 1.807) is 32.4 Å². The number of rotatable bonds is 5. The Kier molecular flexibility index (Phi) is 4.90. The van der Waals surface area contributed by atoms with E-state index in [4.69, 9.17) is 10.5 Å². The van der Waals surface area contributed by atoms with Gasteiger partial charge in [0, 0.05) is 26.4 Å². The number of ether oxygens (including phenoxy) is 1. The molecule has 0 aliphatic heterocycles. The molecule has 0 saturated carbocycles. The van der Waals surface area contributed by atoms with Gasteiger partial charge < -0.3 is 15.4 Å². The Morgan fingerprint density at radius 1 is 1.19 bits per heavy atom. The minimum atomic E-state index is -0.154. The fraction of sp³-hybridized carbons (Fsp3) is 0.250. The summed E-state index contributed by atoms with van der Waals surface area (Å²) < 4.78 is 5.74. The van der Waals surface area contributed by atoms with Gasteiger partial charge in [-0.05, 0) is 36.7 Å². The van der Waals surface area contributed by atoms with E-state index in [-0.39, 0.29) is 5.91 Å². The molecule has 1 aromatic heterocycles. The van der Waals surface area contributed by atoms with Crippen molar-refractivity contribution in [1.29, 1.82) is 0 Å². The Morgan fingerprint density at radius 2 is 1.90 bits per heavy atom. The van der Waals surface area contributed by atoms with Crippen LogP contribution in [0.1, 0.15) is 16.1 Å². The summed E-state index contributed by atoms with van der Waals surface area (Å²) in [6.07, 6.45) is 2.41. The number of hydrogen-bond donors (Lipinski definition) is 1. The van der Waals surface area contributed by atoms with E-state index in [0.717, 1.165) is 6.42 Å². The minimum Gasteiger partial charge on any atom is -0.457 e. The van der Waals surface area contributed by atoms with Crippen molar-refractivity contribution in [3.05, 3.63) is 53.9 Å². The molecule has 5 heteroatoms. The molecule has 0 bridgehead atoms. The zero-order chi connectivity index (χ0) is 15.2. The predicted octanol–water partition coefficient (Wildman–Crippen LogP) is 2.08. The van der Waals surface area contributed by atoms with E-state index >= 15 is 0 Å². The van der Waals surface area contributed by atoms with E-state index in [2.05, 4.69) is 4.98 Å². The molecule has 0 aliphatic rings. The summed E-state index contributed by atoms with van der Waals surface area (Å²) >= 11 is 0. The van der Waals surface area contributed by atoms with E-state index in [9.17, 15) is 4.79 Å². The molecule has 2 rings (SSSR count). The summed E-state index contributed by atoms with van der Waals surface area (Å²) in [4.78, 5) is 17.4. The number of carbonyl (C=O) groups is 1. The summed E-state index contributed by atoms with van der Waals surface area (Å²) in [6.45, 7) is 0.626. The Balaban J connectivity index is 2.12. The second-order valence-electron chi connectivity index (χ2n) is 4.86. The first-order valence-corrected chi connectivity index (χ1v) is 6.74. The Bertz CT molecular complexity index is 609. The normalized spacial score (nSPS) is 10.2. The largest absolute Gasteiger partial charge is 0.457 e. The lowest BCUT2D eigenvalue weighted by atomic mass is 10.1. The summed E-state index contributed by atoms with van der Waals surface area (Å²) in [5.41, 5.74) is 7.05. The van der Waals surface area contributed by atoms with Crippen LogP contribution >= 0.6 is 0 Å². The van der Waals surface area contributed by atoms with Crippen molar-refractivity contribution in [1.82, 2.24) is 9.88 Å². The Hall–Kier alpha value is -2.40. The third-order valence-electron chi connectivity index (χ3n) is 2.95. The molecule has 1 aromatic carbocycles. The van der Waals surface area contributed by atoms with E-state index in [0.29, 0.717) is 23.7 Å². The Morgan fingerprint density at radius 3 is 2.52 bits per heavy atom. The van der Waals surface area contributed by atoms with Crippen LogP contribution in [0, 0.1) is 0 Å². The number of amides is 1. The molecule has 5 nitrogen and oxygen atoms in total. The van der Waals surface area contributed by atoms with Gasteiger partial charge in [0.05, 0.1) is 0 Å². The molecule has 2 N–H and O–H groups in total. The molecule has 0 fully saturated rings. The summed E-state index contributed by atoms with van der Waals surface area (Å²) in [5, 5.41) is 0. The zero-order valence-corrected chi connectivity index (χ0v) is 12.2. The van der Waals surface area contributed by atoms with Crippen LogP contribution in [0.5, 0.6) is 11.5 Å². The van der Waals surface area contributed by atoms with Gasteiger partial charge in [-0.2, -0.15) is 0 Å². The van der Waals surface area contributed by atoms with Crippen molar-refractivity contribution >= 4 is 5.91 Å². The van der Waals surface area contributed by atoms with E-state index in [1.807, 2.05) is 24.3 Å². The second kappa shape index (κ2) is 6.85. The summed E-state index contributed by atoms with van der Waals surface area (Å²) in [5.74, 6) is 1.14. The standard InChI is InChI=1S/C16H19N3O2/c1-19(2)16(20)15-11-14(8-10-18-15)21-13-5-3-12(4-6-13)7-9-17/h3-6,8,10-11H,7,9,17H2,1-2H3. The molecule has 1 amide bonds. The van der Waals surface area contributed by atoms with Crippen molar-refractivity contribution in [3.8, 4) is 11.5 Å². The molecule has 0 unspecified atom stereocenters. The molecule has 2 aromatic rings. The van der Waals surface area contributed by atoms with Crippen molar-refractivity contribution in [2.45, 2.75) is 6.42 Å². The number of aromatic nitrogens is 1. The highest BCUT2D eigenvalue weighted by Crippen LogP contribution is 2.22. The fourth-order valence-electron chi connectivity index (χ4n) is 1.85. The monoisotopic (exact) mass is 285 g/mol. The van der Waals surface area contributed by atoms with Gasteiger partial charge >= 0.3 is 0 Å². The van der Waals surface area contributed by atoms with Gasteiger partial charge in [-0.15, -0.1) is 0 Å². The maximum Gasteiger partial charge on any atom is 0.272 e. The van der Waals surface area contributed by atoms with Crippen LogP contribution in [0.25, 0.3) is 0 Å². The van der Waals surface area contributed by atoms with Crippen LogP contribution in [-0.4, -0.2) is 36.4 Å². The lowest BCUT2D eigenvalue weighted by molar-refractivity contribution is 0.0821. The van der Waals surface area contributed by atoms with E-state index in [1.165, 1.54) is 10.5 Å². The number of benzene rings is 1. The maximum atomic E-state index is 11.9. The van der Waals surface area contributed by atoms with Crippen LogP contribution in [0.3, 0.4) is 0 Å². The number of nitrogens with two attached hydrogens (primary N) is 1. The van der Waals surface area contributed by atoms with Gasteiger partial charge in [0.25, 0.3) is 5.91 Å². The van der Waals surface area contributed by atoms with Crippen LogP contribution in [0.4, 0.5) is 0 Å². The first-order chi connectivity index (χ1) is 10.1. The number of hydrogen-bond acceptors (Lipinski definition) is 4. The number of nitrogens with zero attached hydrogens (tertiary/aromatic N) is 2. The summed E-state index contributed by atoms with van der Waals surface area (Å²) in [7, 11) is 3.38. The van der Waals surface area contributed by atoms with Crippen molar-refractivity contribution in [2.75, 3.05) is 20.6 Å². The van der Waals surface area contributed by atoms with Crippen LogP contribution < -0.4 is 10.5 Å². The van der Waals surface area contributed by atoms with Crippen molar-refractivity contribution in [3.63, 3.8) is 0 Å². The van der Waals surface area contributed by atoms with Gasteiger partial charge in [-0.25, -0.2) is 0 Å². The SMILES string of the molecule is CN(C)C(=O)c1cc(Oc2ccc(CCN)cc2)ccn1. The van der Waals surface area contributed by atoms with Crippen LogP contribution in [0.15, 0.2) is 42.6 Å². The maximum absolute atomic E-state index is 11.9. The van der Waals surface area contributed by atoms with Crippen LogP contribution in [-0.2, 0) is 6.42 Å². The topological polar surface area (TPSA) is 68.5 Å². The lowest BCUT2D eigenvalue weighted by Crippen LogP contribution is -2.22. The molecule has 1 heterocycles. The number of carbonyl (C=O) groups excluding carboxylic acids is 1. The third kappa shape index (κ3) is 4.03. The second-order valence-corrected chi connectivity index (χ2v) is 4.86. The predicted molar refractivity (Wildman–Crippen MR) is 81.5 cm³/mol. The van der Waals surface area contributed by atoms with Crippen LogP contribution in [0.2, 0.25) is 0 Å². The van der Waals surface area contributed by atoms with Gasteiger partial charge in [-0.1, -0.05) is 12.1 Å². The van der Waals surface area contributed by atoms with Gasteiger partial charge in [0.1, 0.15) is 17.2 Å². The third-order valence-corrected chi connectivity index (χ3v) is 2.95. The molecular weight excluding hydrogens is 266 g/mol. The quantitative estimate of drug-likeness (QED) is 0.913. The fourth-order valence-corrected chi connectivity index (χ4v) is 1.85. The molecule has 0 aliphatic carbocycles. The summed E-state index contributed by atoms with van der Waals surface area (Å²) in [6, 6.07) is 11.1. The first-order valence-electron chi connectivity index (χ1n) is 6.74. The lowest BCUT2D eigenvalue weighted by Gasteiger charge is -2.11. The molecule has 21 heavy (non-hydrogen) atoms. The average molecular weight is 285 g/mol. The average Bonchev–Trinajstić information content (AvgIpc) is 2.49. The molecule has 0 atom stereocenters. The molecule has 0 spiro atoms. The molecule has 0 radical (unpaired) electrons. The first kappa shape index (κ1) is 15.0. The van der Waals surface area contributed by atoms with Crippen molar-refractivity contribution < 1.29 is 9.53 Å². The highest BCUT2D eigenvalue weighted by molar-refractivity contribution is 5.92. The van der Waals surface area contributed by atoms with E-state index < -0.39 is 0 Å². The Labute approximate surface area is 124 Å². The van der Waals surface area contributed by atoms with Gasteiger partial charge in [-0.3, -0.25) is 9.78 Å². The molecular formula is C16H19N3O2. The smallest absolute Gasteiger partial charge is 0.272 e. The zero-order valence-electron chi connectivity index (χ0n) is 12.2. The van der Waals surface area contributed by atoms with Gasteiger partial charge in [0.15, 0.2) is 0 Å². The van der Waals surface area contributed by atoms with Crippen molar-refractivity contribution in [2.24, 2.45) is 5.73 Å². The van der Waals surface area contributed by atoms with Gasteiger partial charge in [0.2, 0.25) is 0 Å².